The molecule has 8 nitrogen and oxygen atoms in total. The number of carbonyl (C=O) groups is 1. The number of rotatable bonds is 6. The molecular formula is C28H31N5O3. The molecule has 2 aliphatic rings. The van der Waals surface area contributed by atoms with Crippen molar-refractivity contribution in [2.75, 3.05) is 25.6 Å². The van der Waals surface area contributed by atoms with Gasteiger partial charge in [-0.1, -0.05) is 28.9 Å². The van der Waals surface area contributed by atoms with Crippen molar-refractivity contribution < 1.29 is 14.4 Å². The molecule has 1 amide bonds. The highest BCUT2D eigenvalue weighted by Crippen LogP contribution is 2.30. The number of anilines is 1. The Bertz CT molecular complexity index is 1310. The maximum atomic E-state index is 12.8. The van der Waals surface area contributed by atoms with E-state index in [2.05, 4.69) is 32.5 Å². The lowest BCUT2D eigenvalue weighted by molar-refractivity contribution is -0.117. The van der Waals surface area contributed by atoms with Gasteiger partial charge in [0.05, 0.1) is 37.3 Å². The molecule has 0 saturated carbocycles. The van der Waals surface area contributed by atoms with E-state index in [0.717, 1.165) is 64.7 Å². The lowest BCUT2D eigenvalue weighted by Gasteiger charge is -2.39. The Labute approximate surface area is 211 Å². The van der Waals surface area contributed by atoms with Crippen molar-refractivity contribution in [1.82, 2.24) is 14.5 Å². The summed E-state index contributed by atoms with van der Waals surface area (Å²) in [6.45, 7) is 5.23. The van der Waals surface area contributed by atoms with Crippen LogP contribution < -0.4 is 10.1 Å². The van der Waals surface area contributed by atoms with Gasteiger partial charge in [0.25, 0.3) is 0 Å². The summed E-state index contributed by atoms with van der Waals surface area (Å²) in [5, 5.41) is 7.39. The van der Waals surface area contributed by atoms with Crippen LogP contribution in [0.3, 0.4) is 0 Å². The minimum absolute atomic E-state index is 0.0279. The van der Waals surface area contributed by atoms with Crippen molar-refractivity contribution in [2.24, 2.45) is 5.16 Å². The number of aryl methyl sites for hydroxylation is 2. The standard InChI is InChI=1S/C28H31N5O3/c1-19-6-9-23(10-7-19)30-27(34)15-24-17-36-31-28-22(5-4-12-33(24)28)13-21-8-11-25(26(14-21)35-3)32-16-20(2)29-18-32/h6-11,13-14,16,18,24H,4-5,12,15,17H2,1-3H3,(H,30,34)/t24-/m0/s1. The van der Waals surface area contributed by atoms with Crippen LogP contribution in [0.4, 0.5) is 5.69 Å². The van der Waals surface area contributed by atoms with Gasteiger partial charge in [-0.15, -0.1) is 0 Å². The topological polar surface area (TPSA) is 81.0 Å². The number of nitrogens with zero attached hydrogens (tertiary/aromatic N) is 4. The van der Waals surface area contributed by atoms with Crippen molar-refractivity contribution in [3.8, 4) is 11.4 Å². The monoisotopic (exact) mass is 485 g/mol. The van der Waals surface area contributed by atoms with E-state index < -0.39 is 0 Å². The SMILES string of the molecule is COc1cc(C=C2CCCN3C2=NOC[C@@H]3CC(=O)Nc2ccc(C)cc2)ccc1-n1cnc(C)c1. The summed E-state index contributed by atoms with van der Waals surface area (Å²) >= 11 is 0. The largest absolute Gasteiger partial charge is 0.495 e. The van der Waals surface area contributed by atoms with E-state index in [1.54, 1.807) is 13.4 Å². The highest BCUT2D eigenvalue weighted by Gasteiger charge is 2.33. The van der Waals surface area contributed by atoms with E-state index in [4.69, 9.17) is 9.57 Å². The van der Waals surface area contributed by atoms with Crippen molar-refractivity contribution in [3.63, 3.8) is 0 Å². The fourth-order valence-corrected chi connectivity index (χ4v) is 4.70. The molecule has 3 heterocycles. The fourth-order valence-electron chi connectivity index (χ4n) is 4.70. The number of fused-ring (bicyclic) bond motifs is 1. The first-order chi connectivity index (χ1) is 17.5. The van der Waals surface area contributed by atoms with Crippen LogP contribution in [0.15, 0.2) is 65.7 Å². The van der Waals surface area contributed by atoms with E-state index in [-0.39, 0.29) is 11.9 Å². The molecular weight excluding hydrogens is 454 g/mol. The molecule has 1 saturated heterocycles. The van der Waals surface area contributed by atoms with Crippen LogP contribution in [0, 0.1) is 13.8 Å². The molecule has 186 valence electrons. The average Bonchev–Trinajstić information content (AvgIpc) is 3.32. The lowest BCUT2D eigenvalue weighted by atomic mass is 9.97. The van der Waals surface area contributed by atoms with Crippen LogP contribution in [0.5, 0.6) is 5.75 Å². The number of hydrogen-bond acceptors (Lipinski definition) is 6. The van der Waals surface area contributed by atoms with Gasteiger partial charge >= 0.3 is 0 Å². The predicted octanol–water partition coefficient (Wildman–Crippen LogP) is 4.72. The molecule has 8 heteroatoms. The molecule has 5 rings (SSSR count). The number of hydrogen-bond donors (Lipinski definition) is 1. The summed E-state index contributed by atoms with van der Waals surface area (Å²) in [5.74, 6) is 1.55. The van der Waals surface area contributed by atoms with E-state index in [1.165, 1.54) is 0 Å². The summed E-state index contributed by atoms with van der Waals surface area (Å²) < 4.78 is 7.63. The third kappa shape index (κ3) is 5.12. The summed E-state index contributed by atoms with van der Waals surface area (Å²) in [6, 6.07) is 13.9. The predicted molar refractivity (Wildman–Crippen MR) is 140 cm³/mol. The Morgan fingerprint density at radius 1 is 1.22 bits per heavy atom. The maximum Gasteiger partial charge on any atom is 0.226 e. The van der Waals surface area contributed by atoms with E-state index >= 15 is 0 Å². The van der Waals surface area contributed by atoms with Gasteiger partial charge in [0.15, 0.2) is 5.84 Å². The minimum Gasteiger partial charge on any atom is -0.495 e. The van der Waals surface area contributed by atoms with Crippen molar-refractivity contribution in [3.05, 3.63) is 77.4 Å². The Morgan fingerprint density at radius 3 is 2.81 bits per heavy atom. The first kappa shape index (κ1) is 23.7. The summed E-state index contributed by atoms with van der Waals surface area (Å²) in [4.78, 5) is 24.9. The zero-order valence-electron chi connectivity index (χ0n) is 20.9. The van der Waals surface area contributed by atoms with Gasteiger partial charge in [-0.05, 0) is 68.2 Å². The second-order valence-corrected chi connectivity index (χ2v) is 9.30. The normalized spacial score (nSPS) is 18.3. The third-order valence-electron chi connectivity index (χ3n) is 6.55. The number of carbonyl (C=O) groups excluding carboxylic acids is 1. The molecule has 0 radical (unpaired) electrons. The Morgan fingerprint density at radius 2 is 2.06 bits per heavy atom. The maximum absolute atomic E-state index is 12.8. The zero-order chi connectivity index (χ0) is 25.1. The Balaban J connectivity index is 1.32. The number of oxime groups is 1. The number of amides is 1. The number of ether oxygens (including phenoxy) is 1. The number of imidazole rings is 1. The molecule has 2 aliphatic heterocycles. The second-order valence-electron chi connectivity index (χ2n) is 9.30. The van der Waals surface area contributed by atoms with E-state index in [0.29, 0.717) is 13.0 Å². The number of nitrogens with one attached hydrogen (secondary N) is 1. The Kier molecular flexibility index (Phi) is 6.75. The molecule has 0 bridgehead atoms. The van der Waals surface area contributed by atoms with Gasteiger partial charge in [-0.3, -0.25) is 4.79 Å². The molecule has 0 spiro atoms. The molecule has 1 atom stereocenters. The fraction of sp³-hybridized carbons (Fsp3) is 0.321. The minimum atomic E-state index is -0.0620. The number of methoxy groups -OCH3 is 1. The van der Waals surface area contributed by atoms with Gasteiger partial charge in [0.1, 0.15) is 12.4 Å². The van der Waals surface area contributed by atoms with Gasteiger partial charge in [0, 0.05) is 18.4 Å². The Hall–Kier alpha value is -4.07. The molecule has 1 aromatic heterocycles. The first-order valence-corrected chi connectivity index (χ1v) is 12.2. The van der Waals surface area contributed by atoms with Crippen LogP contribution in [0.25, 0.3) is 11.8 Å². The number of piperidine rings is 1. The molecule has 36 heavy (non-hydrogen) atoms. The molecule has 3 aromatic rings. The highest BCUT2D eigenvalue weighted by atomic mass is 16.6. The first-order valence-electron chi connectivity index (χ1n) is 12.2. The summed E-state index contributed by atoms with van der Waals surface area (Å²) in [7, 11) is 1.67. The second kappa shape index (κ2) is 10.3. The van der Waals surface area contributed by atoms with Gasteiger partial charge < -0.3 is 24.4 Å². The third-order valence-corrected chi connectivity index (χ3v) is 6.55. The van der Waals surface area contributed by atoms with Gasteiger partial charge in [0.2, 0.25) is 5.91 Å². The van der Waals surface area contributed by atoms with Crippen LogP contribution in [0.2, 0.25) is 0 Å². The number of aromatic nitrogens is 2. The van der Waals surface area contributed by atoms with Crippen LogP contribution in [-0.4, -0.2) is 52.5 Å². The molecule has 1 N–H and O–H groups in total. The van der Waals surface area contributed by atoms with Crippen LogP contribution >= 0.6 is 0 Å². The molecule has 2 aromatic carbocycles. The highest BCUT2D eigenvalue weighted by molar-refractivity contribution is 6.03. The van der Waals surface area contributed by atoms with E-state index in [9.17, 15) is 4.79 Å². The quantitative estimate of drug-likeness (QED) is 0.547. The summed E-state index contributed by atoms with van der Waals surface area (Å²) in [6.07, 6.45) is 8.11. The van der Waals surface area contributed by atoms with Crippen molar-refractivity contribution in [1.29, 1.82) is 0 Å². The average molecular weight is 486 g/mol. The van der Waals surface area contributed by atoms with Crippen molar-refractivity contribution in [2.45, 2.75) is 39.2 Å². The smallest absolute Gasteiger partial charge is 0.226 e. The summed E-state index contributed by atoms with van der Waals surface area (Å²) in [5.41, 5.74) is 5.96. The molecule has 1 fully saturated rings. The lowest BCUT2D eigenvalue weighted by Crippen LogP contribution is -2.50. The molecule has 0 unspecified atom stereocenters. The van der Waals surface area contributed by atoms with Crippen molar-refractivity contribution >= 4 is 23.5 Å². The number of benzene rings is 2. The van der Waals surface area contributed by atoms with Crippen LogP contribution in [0.1, 0.15) is 36.1 Å². The van der Waals surface area contributed by atoms with E-state index in [1.807, 2.05) is 61.0 Å². The van der Waals surface area contributed by atoms with Gasteiger partial charge in [-0.2, -0.15) is 0 Å². The molecule has 0 aliphatic carbocycles. The van der Waals surface area contributed by atoms with Crippen LogP contribution in [-0.2, 0) is 9.63 Å². The zero-order valence-corrected chi connectivity index (χ0v) is 20.9. The number of amidine groups is 1. The van der Waals surface area contributed by atoms with Gasteiger partial charge in [-0.25, -0.2) is 4.98 Å².